The largest absolute Gasteiger partial charge is 0.411 e. The molecule has 3 nitrogen and oxygen atoms in total. The van der Waals surface area contributed by atoms with Crippen LogP contribution in [0.3, 0.4) is 0 Å². The SMILES string of the molecule is N#CC(C=NO)c1ccccc1. The standard InChI is InChI=1S/C9H8N2O/c10-6-9(7-11-12)8-4-2-1-3-5-8/h1-5,7,9,12H. The van der Waals surface area contributed by atoms with E-state index < -0.39 is 5.92 Å². The third kappa shape index (κ3) is 1.83. The molecule has 12 heavy (non-hydrogen) atoms. The van der Waals surface area contributed by atoms with Gasteiger partial charge in [0, 0.05) is 0 Å². The Morgan fingerprint density at radius 3 is 2.58 bits per heavy atom. The summed E-state index contributed by atoms with van der Waals surface area (Å²) in [7, 11) is 0. The van der Waals surface area contributed by atoms with Crippen LogP contribution in [0.2, 0.25) is 0 Å². The Balaban J connectivity index is 2.90. The Morgan fingerprint density at radius 2 is 2.08 bits per heavy atom. The fourth-order valence-electron chi connectivity index (χ4n) is 0.921. The summed E-state index contributed by atoms with van der Waals surface area (Å²) in [5.41, 5.74) is 0.831. The minimum Gasteiger partial charge on any atom is -0.411 e. The van der Waals surface area contributed by atoms with Crippen LogP contribution >= 0.6 is 0 Å². The second-order valence-electron chi connectivity index (χ2n) is 2.28. The number of nitrogens with zero attached hydrogens (tertiary/aromatic N) is 2. The average Bonchev–Trinajstić information content (AvgIpc) is 2.15. The summed E-state index contributed by atoms with van der Waals surface area (Å²) in [5, 5.41) is 19.7. The second kappa shape index (κ2) is 4.14. The van der Waals surface area contributed by atoms with Gasteiger partial charge in [-0.2, -0.15) is 5.26 Å². The van der Waals surface area contributed by atoms with Crippen LogP contribution in [-0.4, -0.2) is 11.4 Å². The summed E-state index contributed by atoms with van der Waals surface area (Å²) < 4.78 is 0. The second-order valence-corrected chi connectivity index (χ2v) is 2.28. The van der Waals surface area contributed by atoms with Crippen molar-refractivity contribution < 1.29 is 5.21 Å². The van der Waals surface area contributed by atoms with Gasteiger partial charge < -0.3 is 5.21 Å². The summed E-state index contributed by atoms with van der Waals surface area (Å²) in [6.07, 6.45) is 1.20. The van der Waals surface area contributed by atoms with Gasteiger partial charge in [-0.05, 0) is 5.56 Å². The van der Waals surface area contributed by atoms with Crippen molar-refractivity contribution in [1.82, 2.24) is 0 Å². The van der Waals surface area contributed by atoms with Gasteiger partial charge in [0.2, 0.25) is 0 Å². The molecular formula is C9H8N2O. The van der Waals surface area contributed by atoms with Gasteiger partial charge in [0.1, 0.15) is 5.92 Å². The van der Waals surface area contributed by atoms with E-state index in [0.717, 1.165) is 5.56 Å². The molecule has 0 amide bonds. The lowest BCUT2D eigenvalue weighted by Crippen LogP contribution is -1.95. The summed E-state index contributed by atoms with van der Waals surface area (Å²) in [4.78, 5) is 0. The van der Waals surface area contributed by atoms with Gasteiger partial charge in [0.15, 0.2) is 0 Å². The van der Waals surface area contributed by atoms with Gasteiger partial charge in [0.25, 0.3) is 0 Å². The van der Waals surface area contributed by atoms with Crippen molar-refractivity contribution in [3.05, 3.63) is 35.9 Å². The number of nitriles is 1. The highest BCUT2D eigenvalue weighted by atomic mass is 16.4. The first kappa shape index (κ1) is 8.28. The van der Waals surface area contributed by atoms with Crippen LogP contribution in [-0.2, 0) is 0 Å². The number of rotatable bonds is 2. The van der Waals surface area contributed by atoms with E-state index in [4.69, 9.17) is 10.5 Å². The molecule has 0 heterocycles. The zero-order chi connectivity index (χ0) is 8.81. The monoisotopic (exact) mass is 160 g/mol. The van der Waals surface area contributed by atoms with Crippen molar-refractivity contribution in [3.63, 3.8) is 0 Å². The Bertz CT molecular complexity index is 300. The van der Waals surface area contributed by atoms with E-state index in [1.807, 2.05) is 36.4 Å². The van der Waals surface area contributed by atoms with Crippen LogP contribution in [0.25, 0.3) is 0 Å². The van der Waals surface area contributed by atoms with Gasteiger partial charge in [-0.25, -0.2) is 0 Å². The lowest BCUT2D eigenvalue weighted by atomic mass is 10.0. The molecule has 0 aliphatic heterocycles. The van der Waals surface area contributed by atoms with E-state index in [1.165, 1.54) is 6.21 Å². The first-order valence-electron chi connectivity index (χ1n) is 3.50. The molecule has 0 radical (unpaired) electrons. The molecule has 0 fully saturated rings. The maximum atomic E-state index is 8.66. The maximum Gasteiger partial charge on any atom is 0.110 e. The molecule has 0 bridgehead atoms. The third-order valence-electron chi connectivity index (χ3n) is 1.51. The Morgan fingerprint density at radius 1 is 1.42 bits per heavy atom. The highest BCUT2D eigenvalue weighted by Gasteiger charge is 2.05. The minimum atomic E-state index is -0.462. The normalized spacial score (nSPS) is 12.6. The molecule has 0 aromatic heterocycles. The van der Waals surface area contributed by atoms with Crippen molar-refractivity contribution in [1.29, 1.82) is 5.26 Å². The molecular weight excluding hydrogens is 152 g/mol. The predicted molar refractivity (Wildman–Crippen MR) is 45.1 cm³/mol. The predicted octanol–water partition coefficient (Wildman–Crippen LogP) is 1.75. The Kier molecular flexibility index (Phi) is 2.86. The molecule has 1 aromatic rings. The van der Waals surface area contributed by atoms with Crippen LogP contribution in [0.1, 0.15) is 11.5 Å². The molecule has 1 N–H and O–H groups in total. The zero-order valence-electron chi connectivity index (χ0n) is 6.38. The van der Waals surface area contributed by atoms with Gasteiger partial charge in [-0.1, -0.05) is 30.3 Å². The van der Waals surface area contributed by atoms with E-state index in [9.17, 15) is 0 Å². The Labute approximate surface area is 70.6 Å². The van der Waals surface area contributed by atoms with E-state index in [0.29, 0.717) is 0 Å². The molecule has 0 aliphatic rings. The van der Waals surface area contributed by atoms with Crippen LogP contribution in [0.15, 0.2) is 35.5 Å². The van der Waals surface area contributed by atoms with E-state index in [1.54, 1.807) is 0 Å². The minimum absolute atomic E-state index is 0.462. The summed E-state index contributed by atoms with van der Waals surface area (Å²) in [5.74, 6) is -0.462. The van der Waals surface area contributed by atoms with Crippen molar-refractivity contribution in [2.24, 2.45) is 5.16 Å². The summed E-state index contributed by atoms with van der Waals surface area (Å²) in [6, 6.07) is 11.2. The van der Waals surface area contributed by atoms with E-state index in [2.05, 4.69) is 5.16 Å². The van der Waals surface area contributed by atoms with Crippen molar-refractivity contribution in [2.75, 3.05) is 0 Å². The van der Waals surface area contributed by atoms with E-state index >= 15 is 0 Å². The first-order valence-corrected chi connectivity index (χ1v) is 3.50. The average molecular weight is 160 g/mol. The van der Waals surface area contributed by atoms with Crippen molar-refractivity contribution in [2.45, 2.75) is 5.92 Å². The van der Waals surface area contributed by atoms with Crippen molar-refractivity contribution in [3.8, 4) is 6.07 Å². The molecule has 1 atom stereocenters. The van der Waals surface area contributed by atoms with Crippen LogP contribution < -0.4 is 0 Å². The van der Waals surface area contributed by atoms with E-state index in [-0.39, 0.29) is 0 Å². The molecule has 60 valence electrons. The fourth-order valence-corrected chi connectivity index (χ4v) is 0.921. The molecule has 0 saturated heterocycles. The zero-order valence-corrected chi connectivity index (χ0v) is 6.38. The van der Waals surface area contributed by atoms with Crippen LogP contribution in [0.4, 0.5) is 0 Å². The lowest BCUT2D eigenvalue weighted by molar-refractivity contribution is 0.320. The molecule has 0 spiro atoms. The quantitative estimate of drug-likeness (QED) is 0.407. The molecule has 1 rings (SSSR count). The van der Waals surface area contributed by atoms with Crippen LogP contribution in [0.5, 0.6) is 0 Å². The lowest BCUT2D eigenvalue weighted by Gasteiger charge is -2.00. The fraction of sp³-hybridized carbons (Fsp3) is 0.111. The smallest absolute Gasteiger partial charge is 0.110 e. The van der Waals surface area contributed by atoms with Gasteiger partial charge >= 0.3 is 0 Å². The molecule has 3 heteroatoms. The summed E-state index contributed by atoms with van der Waals surface area (Å²) in [6.45, 7) is 0. The topological polar surface area (TPSA) is 56.4 Å². The highest BCUT2D eigenvalue weighted by Crippen LogP contribution is 2.11. The van der Waals surface area contributed by atoms with Gasteiger partial charge in [-0.15, -0.1) is 5.16 Å². The first-order chi connectivity index (χ1) is 5.88. The van der Waals surface area contributed by atoms with Gasteiger partial charge in [-0.3, -0.25) is 0 Å². The molecule has 1 unspecified atom stereocenters. The maximum absolute atomic E-state index is 8.66. The molecule has 0 saturated carbocycles. The van der Waals surface area contributed by atoms with Crippen molar-refractivity contribution >= 4 is 6.21 Å². The number of benzene rings is 1. The third-order valence-corrected chi connectivity index (χ3v) is 1.51. The number of hydrogen-bond acceptors (Lipinski definition) is 3. The Hall–Kier alpha value is -1.82. The highest BCUT2D eigenvalue weighted by molar-refractivity contribution is 5.70. The van der Waals surface area contributed by atoms with Gasteiger partial charge in [0.05, 0.1) is 12.3 Å². The number of hydrogen-bond donors (Lipinski definition) is 1. The number of oxime groups is 1. The molecule has 0 aliphatic carbocycles. The van der Waals surface area contributed by atoms with Crippen LogP contribution in [0, 0.1) is 11.3 Å². The molecule has 1 aromatic carbocycles. The summed E-state index contributed by atoms with van der Waals surface area (Å²) >= 11 is 0.